The first-order valence-corrected chi connectivity index (χ1v) is 8.75. The number of nitrogens with one attached hydrogen (secondary N) is 2. The number of nitrogens with zero attached hydrogens (tertiary/aromatic N) is 4. The Kier molecular flexibility index (Phi) is 4.79. The van der Waals surface area contributed by atoms with Crippen molar-refractivity contribution in [1.29, 1.82) is 0 Å². The molecule has 4 aromatic rings. The first-order chi connectivity index (χ1) is 13.7. The Bertz CT molecular complexity index is 1090. The minimum atomic E-state index is -0.141. The van der Waals surface area contributed by atoms with E-state index in [2.05, 4.69) is 25.6 Å². The zero-order valence-electron chi connectivity index (χ0n) is 15.2. The van der Waals surface area contributed by atoms with Gasteiger partial charge in [0.1, 0.15) is 23.8 Å². The number of hydrogen-bond donors (Lipinski definition) is 2. The van der Waals surface area contributed by atoms with Crippen LogP contribution in [0.15, 0.2) is 79.4 Å². The van der Waals surface area contributed by atoms with Crippen molar-refractivity contribution in [1.82, 2.24) is 19.5 Å². The number of benzene rings is 2. The first-order valence-electron chi connectivity index (χ1n) is 8.75. The summed E-state index contributed by atoms with van der Waals surface area (Å²) in [5.41, 5.74) is 2.19. The van der Waals surface area contributed by atoms with Gasteiger partial charge >= 0.3 is 0 Å². The van der Waals surface area contributed by atoms with Crippen LogP contribution in [0.4, 0.5) is 17.2 Å². The van der Waals surface area contributed by atoms with Gasteiger partial charge in [-0.05, 0) is 43.3 Å². The van der Waals surface area contributed by atoms with E-state index in [0.717, 1.165) is 23.0 Å². The molecule has 4 rings (SSSR count). The highest BCUT2D eigenvalue weighted by Gasteiger charge is 2.06. The lowest BCUT2D eigenvalue weighted by Crippen LogP contribution is -2.11. The molecule has 0 aliphatic carbocycles. The summed E-state index contributed by atoms with van der Waals surface area (Å²) in [6, 6.07) is 18.4. The highest BCUT2D eigenvalue weighted by molar-refractivity contribution is 6.04. The van der Waals surface area contributed by atoms with Crippen LogP contribution in [-0.4, -0.2) is 25.4 Å². The Morgan fingerprint density at radius 1 is 0.929 bits per heavy atom. The molecule has 1 amide bonds. The lowest BCUT2D eigenvalue weighted by atomic mass is 10.2. The second-order valence-corrected chi connectivity index (χ2v) is 6.13. The molecule has 0 aliphatic heterocycles. The Labute approximate surface area is 162 Å². The van der Waals surface area contributed by atoms with E-state index in [1.807, 2.05) is 66.2 Å². The lowest BCUT2D eigenvalue weighted by Gasteiger charge is -2.10. The number of aryl methyl sites for hydroxylation is 1. The van der Waals surface area contributed by atoms with Crippen LogP contribution >= 0.6 is 0 Å². The Morgan fingerprint density at radius 2 is 1.68 bits per heavy atom. The highest BCUT2D eigenvalue weighted by Crippen LogP contribution is 2.19. The zero-order valence-corrected chi connectivity index (χ0v) is 15.2. The molecule has 0 saturated carbocycles. The second kappa shape index (κ2) is 7.71. The highest BCUT2D eigenvalue weighted by atomic mass is 16.1. The van der Waals surface area contributed by atoms with Gasteiger partial charge < -0.3 is 10.6 Å². The maximum Gasteiger partial charge on any atom is 0.255 e. The first kappa shape index (κ1) is 17.4. The van der Waals surface area contributed by atoms with Gasteiger partial charge in [0.15, 0.2) is 0 Å². The van der Waals surface area contributed by atoms with Crippen LogP contribution in [0.1, 0.15) is 16.2 Å². The molecule has 0 fully saturated rings. The lowest BCUT2D eigenvalue weighted by molar-refractivity contribution is 0.102. The Morgan fingerprint density at radius 3 is 2.39 bits per heavy atom. The predicted molar refractivity (Wildman–Crippen MR) is 108 cm³/mol. The topological polar surface area (TPSA) is 84.7 Å². The van der Waals surface area contributed by atoms with Crippen molar-refractivity contribution in [3.63, 3.8) is 0 Å². The van der Waals surface area contributed by atoms with Crippen molar-refractivity contribution >= 4 is 23.1 Å². The third kappa shape index (κ3) is 3.88. The SMILES string of the molecule is Cc1nccn1-c1cc(Nc2ccc(NC(=O)c3ccccc3)cc2)ncn1. The fourth-order valence-corrected chi connectivity index (χ4v) is 2.74. The fraction of sp³-hybridized carbons (Fsp3) is 0.0476. The third-order valence-corrected chi connectivity index (χ3v) is 4.18. The van der Waals surface area contributed by atoms with Crippen molar-refractivity contribution in [2.24, 2.45) is 0 Å². The molecule has 0 atom stereocenters. The van der Waals surface area contributed by atoms with Gasteiger partial charge in [0, 0.05) is 35.4 Å². The van der Waals surface area contributed by atoms with E-state index >= 15 is 0 Å². The normalized spacial score (nSPS) is 10.5. The quantitative estimate of drug-likeness (QED) is 0.555. The van der Waals surface area contributed by atoms with Gasteiger partial charge in [-0.15, -0.1) is 0 Å². The number of anilines is 3. The molecule has 138 valence electrons. The smallest absolute Gasteiger partial charge is 0.255 e. The molecule has 2 aromatic carbocycles. The second-order valence-electron chi connectivity index (χ2n) is 6.13. The molecular formula is C21H18N6O. The number of amides is 1. The molecule has 0 bridgehead atoms. The Balaban J connectivity index is 1.45. The average Bonchev–Trinajstić information content (AvgIpc) is 3.16. The molecular weight excluding hydrogens is 352 g/mol. The number of hydrogen-bond acceptors (Lipinski definition) is 5. The molecule has 2 heterocycles. The number of carbonyl (C=O) groups is 1. The maximum absolute atomic E-state index is 12.2. The minimum absolute atomic E-state index is 0.141. The fourth-order valence-electron chi connectivity index (χ4n) is 2.74. The van der Waals surface area contributed by atoms with Crippen LogP contribution in [-0.2, 0) is 0 Å². The average molecular weight is 370 g/mol. The van der Waals surface area contributed by atoms with Crippen molar-refractivity contribution in [3.05, 3.63) is 90.8 Å². The molecule has 0 spiro atoms. The van der Waals surface area contributed by atoms with Crippen LogP contribution in [0.25, 0.3) is 5.82 Å². The van der Waals surface area contributed by atoms with Crippen molar-refractivity contribution < 1.29 is 4.79 Å². The van der Waals surface area contributed by atoms with E-state index in [4.69, 9.17) is 0 Å². The number of rotatable bonds is 5. The molecule has 28 heavy (non-hydrogen) atoms. The van der Waals surface area contributed by atoms with Crippen LogP contribution in [0, 0.1) is 6.92 Å². The molecule has 7 heteroatoms. The summed E-state index contributed by atoms with van der Waals surface area (Å²) in [6.45, 7) is 1.91. The van der Waals surface area contributed by atoms with Crippen molar-refractivity contribution in [2.45, 2.75) is 6.92 Å². The predicted octanol–water partition coefficient (Wildman–Crippen LogP) is 3.97. The standard InChI is InChI=1S/C21H18N6O/c1-15-22-11-12-27(15)20-13-19(23-14-24-20)25-17-7-9-18(10-8-17)26-21(28)16-5-3-2-4-6-16/h2-14H,1H3,(H,26,28)(H,23,24,25). The molecule has 0 aliphatic rings. The van der Waals surface area contributed by atoms with E-state index < -0.39 is 0 Å². The molecule has 0 unspecified atom stereocenters. The third-order valence-electron chi connectivity index (χ3n) is 4.18. The summed E-state index contributed by atoms with van der Waals surface area (Å²) >= 11 is 0. The van der Waals surface area contributed by atoms with Gasteiger partial charge in [0.2, 0.25) is 0 Å². The summed E-state index contributed by atoms with van der Waals surface area (Å²) in [4.78, 5) is 25.0. The summed E-state index contributed by atoms with van der Waals surface area (Å²) in [7, 11) is 0. The van der Waals surface area contributed by atoms with E-state index in [-0.39, 0.29) is 5.91 Å². The van der Waals surface area contributed by atoms with Crippen LogP contribution in [0.2, 0.25) is 0 Å². The van der Waals surface area contributed by atoms with Crippen molar-refractivity contribution in [3.8, 4) is 5.82 Å². The molecule has 7 nitrogen and oxygen atoms in total. The van der Waals surface area contributed by atoms with Crippen LogP contribution < -0.4 is 10.6 Å². The molecule has 0 radical (unpaired) electrons. The van der Waals surface area contributed by atoms with E-state index in [1.54, 1.807) is 18.3 Å². The number of imidazole rings is 1. The maximum atomic E-state index is 12.2. The summed E-state index contributed by atoms with van der Waals surface area (Å²) in [6.07, 6.45) is 5.09. The monoisotopic (exact) mass is 370 g/mol. The summed E-state index contributed by atoms with van der Waals surface area (Å²) in [5, 5.41) is 6.12. The molecule has 2 N–H and O–H groups in total. The van der Waals surface area contributed by atoms with Crippen molar-refractivity contribution in [2.75, 3.05) is 10.6 Å². The van der Waals surface area contributed by atoms with E-state index in [1.165, 1.54) is 6.33 Å². The van der Waals surface area contributed by atoms with Gasteiger partial charge in [-0.1, -0.05) is 18.2 Å². The number of carbonyl (C=O) groups excluding carboxylic acids is 1. The zero-order chi connectivity index (χ0) is 19.3. The Hall–Kier alpha value is -4.00. The van der Waals surface area contributed by atoms with Gasteiger partial charge in [0.25, 0.3) is 5.91 Å². The van der Waals surface area contributed by atoms with E-state index in [0.29, 0.717) is 11.4 Å². The van der Waals surface area contributed by atoms with Gasteiger partial charge in [-0.2, -0.15) is 0 Å². The largest absolute Gasteiger partial charge is 0.340 e. The molecule has 2 aromatic heterocycles. The van der Waals surface area contributed by atoms with E-state index in [9.17, 15) is 4.79 Å². The van der Waals surface area contributed by atoms with Gasteiger partial charge in [-0.3, -0.25) is 9.36 Å². The van der Waals surface area contributed by atoms with Crippen LogP contribution in [0.3, 0.4) is 0 Å². The van der Waals surface area contributed by atoms with Gasteiger partial charge in [0.05, 0.1) is 0 Å². The number of aromatic nitrogens is 4. The summed E-state index contributed by atoms with van der Waals surface area (Å²) in [5.74, 6) is 2.11. The van der Waals surface area contributed by atoms with Crippen LogP contribution in [0.5, 0.6) is 0 Å². The summed E-state index contributed by atoms with van der Waals surface area (Å²) < 4.78 is 1.88. The van der Waals surface area contributed by atoms with Gasteiger partial charge in [-0.25, -0.2) is 15.0 Å². The molecule has 0 saturated heterocycles. The minimum Gasteiger partial charge on any atom is -0.340 e.